The fourth-order valence-electron chi connectivity index (χ4n) is 2.85. The summed E-state index contributed by atoms with van der Waals surface area (Å²) in [5.41, 5.74) is 1.52. The van der Waals surface area contributed by atoms with Gasteiger partial charge in [0.25, 0.3) is 5.91 Å². The van der Waals surface area contributed by atoms with E-state index in [0.29, 0.717) is 24.5 Å². The van der Waals surface area contributed by atoms with Gasteiger partial charge in [0.05, 0.1) is 17.9 Å². The zero-order valence-corrected chi connectivity index (χ0v) is 17.5. The molecule has 0 bridgehead atoms. The molecule has 3 aromatic rings. The topological polar surface area (TPSA) is 54.7 Å². The van der Waals surface area contributed by atoms with Gasteiger partial charge < -0.3 is 14.5 Å². The molecule has 1 N–H and O–H groups in total. The molecule has 1 heterocycles. The summed E-state index contributed by atoms with van der Waals surface area (Å²) in [6, 6.07) is 18.8. The first-order valence-electron chi connectivity index (χ1n) is 8.99. The molecular formula is C22H23BrN2O3. The lowest BCUT2D eigenvalue weighted by Crippen LogP contribution is -2.34. The molecule has 0 saturated carbocycles. The highest BCUT2D eigenvalue weighted by Gasteiger charge is 2.19. The number of furan rings is 1. The highest BCUT2D eigenvalue weighted by molar-refractivity contribution is 9.10. The Labute approximate surface area is 173 Å². The van der Waals surface area contributed by atoms with Gasteiger partial charge in [0.15, 0.2) is 0 Å². The van der Waals surface area contributed by atoms with E-state index in [1.807, 2.05) is 73.6 Å². The maximum absolute atomic E-state index is 12.8. The zero-order valence-electron chi connectivity index (χ0n) is 15.9. The number of nitrogens with one attached hydrogen (secondary N) is 1. The van der Waals surface area contributed by atoms with Crippen LogP contribution < -0.4 is 10.1 Å². The number of hydrogen-bond acceptors (Lipinski definition) is 4. The standard InChI is InChI=1S/C22H23BrN2O3/c1-25(2)19(21-12-7-13-27-21)14-24-22(26)17-9-4-6-11-20(17)28-15-16-8-3-5-10-18(16)23/h3-13,19H,14-15H2,1-2H3,(H,24,26). The lowest BCUT2D eigenvalue weighted by molar-refractivity contribution is 0.0934. The largest absolute Gasteiger partial charge is 0.488 e. The quantitative estimate of drug-likeness (QED) is 0.551. The molecule has 1 aromatic heterocycles. The Morgan fingerprint density at radius 3 is 2.57 bits per heavy atom. The number of carbonyl (C=O) groups is 1. The van der Waals surface area contributed by atoms with E-state index in [1.165, 1.54) is 0 Å². The van der Waals surface area contributed by atoms with Gasteiger partial charge in [-0.05, 0) is 44.4 Å². The lowest BCUT2D eigenvalue weighted by atomic mass is 10.1. The lowest BCUT2D eigenvalue weighted by Gasteiger charge is -2.22. The van der Waals surface area contributed by atoms with Crippen molar-refractivity contribution < 1.29 is 13.9 Å². The summed E-state index contributed by atoms with van der Waals surface area (Å²) in [4.78, 5) is 14.8. The van der Waals surface area contributed by atoms with Crippen molar-refractivity contribution in [3.63, 3.8) is 0 Å². The van der Waals surface area contributed by atoms with Crippen LogP contribution in [0.2, 0.25) is 0 Å². The molecule has 28 heavy (non-hydrogen) atoms. The number of amides is 1. The Morgan fingerprint density at radius 2 is 1.86 bits per heavy atom. The number of likely N-dealkylation sites (N-methyl/N-ethyl adjacent to an activating group) is 1. The van der Waals surface area contributed by atoms with Gasteiger partial charge in [0.2, 0.25) is 0 Å². The van der Waals surface area contributed by atoms with Crippen LogP contribution in [0.4, 0.5) is 0 Å². The molecule has 0 spiro atoms. The predicted octanol–water partition coefficient (Wildman–Crippen LogP) is 4.65. The minimum absolute atomic E-state index is 0.0488. The molecule has 1 unspecified atom stereocenters. The maximum atomic E-state index is 12.8. The zero-order chi connectivity index (χ0) is 19.9. The third kappa shape index (κ3) is 5.03. The Bertz CT molecular complexity index is 910. The maximum Gasteiger partial charge on any atom is 0.255 e. The van der Waals surface area contributed by atoms with Crippen LogP contribution in [0.5, 0.6) is 5.75 Å². The first-order chi connectivity index (χ1) is 13.6. The highest BCUT2D eigenvalue weighted by atomic mass is 79.9. The van der Waals surface area contributed by atoms with E-state index in [-0.39, 0.29) is 11.9 Å². The number of hydrogen-bond donors (Lipinski definition) is 1. The van der Waals surface area contributed by atoms with Gasteiger partial charge in [-0.2, -0.15) is 0 Å². The summed E-state index contributed by atoms with van der Waals surface area (Å²) < 4.78 is 12.4. The first-order valence-corrected chi connectivity index (χ1v) is 9.79. The number of halogens is 1. The van der Waals surface area contributed by atoms with E-state index in [0.717, 1.165) is 15.8 Å². The van der Waals surface area contributed by atoms with Crippen molar-refractivity contribution in [2.24, 2.45) is 0 Å². The van der Waals surface area contributed by atoms with Gasteiger partial charge in [-0.3, -0.25) is 9.69 Å². The van der Waals surface area contributed by atoms with Gasteiger partial charge in [-0.25, -0.2) is 0 Å². The minimum Gasteiger partial charge on any atom is -0.488 e. The van der Waals surface area contributed by atoms with Gasteiger partial charge >= 0.3 is 0 Å². The molecule has 2 aromatic carbocycles. The van der Waals surface area contributed by atoms with E-state index in [1.54, 1.807) is 12.3 Å². The molecule has 1 atom stereocenters. The van der Waals surface area contributed by atoms with Gasteiger partial charge in [-0.1, -0.05) is 46.3 Å². The summed E-state index contributed by atoms with van der Waals surface area (Å²) in [6.07, 6.45) is 1.64. The Kier molecular flexibility index (Phi) is 6.90. The van der Waals surface area contributed by atoms with Crippen LogP contribution in [0.3, 0.4) is 0 Å². The number of carbonyl (C=O) groups excluding carboxylic acids is 1. The fraction of sp³-hybridized carbons (Fsp3) is 0.227. The van der Waals surface area contributed by atoms with Crippen molar-refractivity contribution in [2.45, 2.75) is 12.6 Å². The van der Waals surface area contributed by atoms with Crippen molar-refractivity contribution in [3.8, 4) is 5.75 Å². The number of para-hydroxylation sites is 1. The van der Waals surface area contributed by atoms with Crippen molar-refractivity contribution >= 4 is 21.8 Å². The van der Waals surface area contributed by atoms with E-state index in [9.17, 15) is 4.79 Å². The normalized spacial score (nSPS) is 12.0. The second-order valence-corrected chi connectivity index (χ2v) is 7.44. The number of rotatable bonds is 8. The fourth-order valence-corrected chi connectivity index (χ4v) is 3.25. The second kappa shape index (κ2) is 9.57. The molecule has 0 saturated heterocycles. The molecular weight excluding hydrogens is 420 g/mol. The summed E-state index contributed by atoms with van der Waals surface area (Å²) >= 11 is 3.52. The summed E-state index contributed by atoms with van der Waals surface area (Å²) in [6.45, 7) is 0.802. The van der Waals surface area contributed by atoms with Crippen molar-refractivity contribution in [1.29, 1.82) is 0 Å². The molecule has 5 nitrogen and oxygen atoms in total. The highest BCUT2D eigenvalue weighted by Crippen LogP contribution is 2.23. The first kappa shape index (κ1) is 20.2. The third-order valence-electron chi connectivity index (χ3n) is 4.42. The van der Waals surface area contributed by atoms with Crippen LogP contribution in [-0.2, 0) is 6.61 Å². The molecule has 0 aliphatic rings. The molecule has 1 amide bonds. The van der Waals surface area contributed by atoms with E-state index >= 15 is 0 Å². The number of benzene rings is 2. The Morgan fingerprint density at radius 1 is 1.11 bits per heavy atom. The van der Waals surface area contributed by atoms with Crippen LogP contribution in [0.1, 0.15) is 27.7 Å². The van der Waals surface area contributed by atoms with Crippen LogP contribution in [0.25, 0.3) is 0 Å². The summed E-state index contributed by atoms with van der Waals surface area (Å²) in [5, 5.41) is 2.99. The van der Waals surface area contributed by atoms with Crippen LogP contribution in [0, 0.1) is 0 Å². The van der Waals surface area contributed by atoms with Crippen LogP contribution in [-0.4, -0.2) is 31.4 Å². The predicted molar refractivity (Wildman–Crippen MR) is 112 cm³/mol. The van der Waals surface area contributed by atoms with E-state index < -0.39 is 0 Å². The van der Waals surface area contributed by atoms with Crippen molar-refractivity contribution in [3.05, 3.63) is 88.3 Å². The average molecular weight is 443 g/mol. The molecule has 6 heteroatoms. The summed E-state index contributed by atoms with van der Waals surface area (Å²) in [7, 11) is 3.91. The Hall–Kier alpha value is -2.57. The molecule has 0 fully saturated rings. The molecule has 3 rings (SSSR count). The van der Waals surface area contributed by atoms with Crippen molar-refractivity contribution in [2.75, 3.05) is 20.6 Å². The smallest absolute Gasteiger partial charge is 0.255 e. The number of nitrogens with zero attached hydrogens (tertiary/aromatic N) is 1. The van der Waals surface area contributed by atoms with Gasteiger partial charge in [0.1, 0.15) is 18.1 Å². The van der Waals surface area contributed by atoms with Gasteiger partial charge in [-0.15, -0.1) is 0 Å². The molecule has 146 valence electrons. The monoisotopic (exact) mass is 442 g/mol. The SMILES string of the molecule is CN(C)C(CNC(=O)c1ccccc1OCc1ccccc1Br)c1ccco1. The average Bonchev–Trinajstić information content (AvgIpc) is 3.22. The minimum atomic E-state index is -0.180. The van der Waals surface area contributed by atoms with Gasteiger partial charge in [0, 0.05) is 16.6 Å². The third-order valence-corrected chi connectivity index (χ3v) is 5.20. The van der Waals surface area contributed by atoms with Crippen LogP contribution >= 0.6 is 15.9 Å². The van der Waals surface area contributed by atoms with E-state index in [4.69, 9.17) is 9.15 Å². The second-order valence-electron chi connectivity index (χ2n) is 6.58. The molecule has 0 aliphatic heterocycles. The molecule has 0 radical (unpaired) electrons. The summed E-state index contributed by atoms with van der Waals surface area (Å²) in [5.74, 6) is 1.18. The van der Waals surface area contributed by atoms with Crippen molar-refractivity contribution in [1.82, 2.24) is 10.2 Å². The number of ether oxygens (including phenoxy) is 1. The Balaban J connectivity index is 1.68. The molecule has 0 aliphatic carbocycles. The van der Waals surface area contributed by atoms with E-state index in [2.05, 4.69) is 21.2 Å². The van der Waals surface area contributed by atoms with Crippen LogP contribution in [0.15, 0.2) is 75.8 Å².